The van der Waals surface area contributed by atoms with Crippen molar-refractivity contribution in [2.24, 2.45) is 0 Å². The third kappa shape index (κ3) is 5.75. The van der Waals surface area contributed by atoms with E-state index < -0.39 is 4.92 Å². The molecule has 0 saturated heterocycles. The lowest BCUT2D eigenvalue weighted by molar-refractivity contribution is -0.385. The van der Waals surface area contributed by atoms with Crippen molar-refractivity contribution < 1.29 is 14.5 Å². The molecule has 0 radical (unpaired) electrons. The molecular weight excluding hydrogens is 366 g/mol. The smallest absolute Gasteiger partial charge is 0.274 e. The number of anilines is 1. The normalized spacial score (nSPS) is 11.4. The van der Waals surface area contributed by atoms with Crippen molar-refractivity contribution in [3.8, 4) is 5.75 Å². The summed E-state index contributed by atoms with van der Waals surface area (Å²) in [5.41, 5.74) is 1.37. The van der Waals surface area contributed by atoms with Crippen molar-refractivity contribution in [3.05, 3.63) is 63.7 Å². The van der Waals surface area contributed by atoms with Gasteiger partial charge in [0.2, 0.25) is 0 Å². The minimum Gasteiger partial charge on any atom is -0.491 e. The molecule has 0 aromatic heterocycles. The number of ether oxygens (including phenoxy) is 1. The molecule has 0 saturated carbocycles. The topological polar surface area (TPSA) is 93.5 Å². The van der Waals surface area contributed by atoms with E-state index in [2.05, 4.69) is 10.6 Å². The number of carbonyl (C=O) groups excluding carboxylic acids is 1. The maximum Gasteiger partial charge on any atom is 0.274 e. The van der Waals surface area contributed by atoms with Crippen molar-refractivity contribution in [3.63, 3.8) is 0 Å². The first kappa shape index (κ1) is 20.3. The van der Waals surface area contributed by atoms with Crippen LogP contribution in [0.5, 0.6) is 5.75 Å². The second-order valence-electron chi connectivity index (χ2n) is 6.03. The number of thiocarbonyl (C=S) groups is 1. The lowest BCUT2D eigenvalue weighted by atomic mass is 10.2. The van der Waals surface area contributed by atoms with Crippen LogP contribution in [0.2, 0.25) is 0 Å². The van der Waals surface area contributed by atoms with Crippen LogP contribution in [0.3, 0.4) is 0 Å². The van der Waals surface area contributed by atoms with Crippen molar-refractivity contribution in [1.29, 1.82) is 0 Å². The minimum absolute atomic E-state index is 0.0222. The fourth-order valence-electron chi connectivity index (χ4n) is 2.22. The fraction of sp³-hybridized carbons (Fsp3) is 0.263. The van der Waals surface area contributed by atoms with Gasteiger partial charge in [0, 0.05) is 22.9 Å². The number of hydrogen-bond acceptors (Lipinski definition) is 5. The third-order valence-electron chi connectivity index (χ3n) is 3.92. The largest absolute Gasteiger partial charge is 0.491 e. The quantitative estimate of drug-likeness (QED) is 0.438. The van der Waals surface area contributed by atoms with E-state index in [4.69, 9.17) is 17.0 Å². The zero-order valence-corrected chi connectivity index (χ0v) is 16.1. The second-order valence-corrected chi connectivity index (χ2v) is 6.44. The second kappa shape index (κ2) is 9.09. The number of nitro groups is 1. The number of nitro benzene ring substituents is 1. The van der Waals surface area contributed by atoms with E-state index in [9.17, 15) is 14.9 Å². The van der Waals surface area contributed by atoms with Crippen molar-refractivity contribution in [2.45, 2.75) is 33.3 Å². The Morgan fingerprint density at radius 2 is 1.93 bits per heavy atom. The van der Waals surface area contributed by atoms with Crippen LogP contribution in [0.15, 0.2) is 42.5 Å². The Hall–Kier alpha value is -3.00. The third-order valence-corrected chi connectivity index (χ3v) is 4.12. The molecule has 8 heteroatoms. The SMILES string of the molecule is CCC(C)Oc1ccc(C(=O)NC(=S)Nc2ccc(C)c([N+](=O)[O-])c2)cc1. The molecule has 2 rings (SSSR count). The van der Waals surface area contributed by atoms with Gasteiger partial charge in [-0.2, -0.15) is 0 Å². The lowest BCUT2D eigenvalue weighted by Gasteiger charge is -2.13. The minimum atomic E-state index is -0.467. The van der Waals surface area contributed by atoms with Crippen LogP contribution in [0.1, 0.15) is 36.2 Å². The van der Waals surface area contributed by atoms with Crippen molar-refractivity contribution in [1.82, 2.24) is 5.32 Å². The first-order valence-electron chi connectivity index (χ1n) is 8.44. The van der Waals surface area contributed by atoms with Crippen LogP contribution in [-0.4, -0.2) is 22.0 Å². The van der Waals surface area contributed by atoms with Crippen LogP contribution in [0, 0.1) is 17.0 Å². The Morgan fingerprint density at radius 3 is 2.52 bits per heavy atom. The van der Waals surface area contributed by atoms with Crippen LogP contribution >= 0.6 is 12.2 Å². The Morgan fingerprint density at radius 1 is 1.26 bits per heavy atom. The van der Waals surface area contributed by atoms with Gasteiger partial charge in [-0.3, -0.25) is 20.2 Å². The first-order chi connectivity index (χ1) is 12.8. The summed E-state index contributed by atoms with van der Waals surface area (Å²) in [4.78, 5) is 22.8. The highest BCUT2D eigenvalue weighted by Gasteiger charge is 2.13. The first-order valence-corrected chi connectivity index (χ1v) is 8.85. The van der Waals surface area contributed by atoms with E-state index in [0.29, 0.717) is 22.6 Å². The zero-order chi connectivity index (χ0) is 20.0. The number of carbonyl (C=O) groups is 1. The maximum atomic E-state index is 12.3. The average molecular weight is 387 g/mol. The number of aryl methyl sites for hydroxylation is 1. The van der Waals surface area contributed by atoms with Gasteiger partial charge in [0.15, 0.2) is 5.11 Å². The summed E-state index contributed by atoms with van der Waals surface area (Å²) >= 11 is 5.11. The Balaban J connectivity index is 1.98. The monoisotopic (exact) mass is 387 g/mol. The number of hydrogen-bond donors (Lipinski definition) is 2. The molecule has 0 fully saturated rings. The Kier molecular flexibility index (Phi) is 6.84. The van der Waals surface area contributed by atoms with Crippen LogP contribution in [0.4, 0.5) is 11.4 Å². The molecule has 0 heterocycles. The van der Waals surface area contributed by atoms with Gasteiger partial charge in [-0.05, 0) is 62.8 Å². The average Bonchev–Trinajstić information content (AvgIpc) is 2.63. The molecule has 0 aliphatic carbocycles. The molecule has 142 valence electrons. The Bertz CT molecular complexity index is 853. The summed E-state index contributed by atoms with van der Waals surface area (Å²) in [6.45, 7) is 5.65. The van der Waals surface area contributed by atoms with Gasteiger partial charge in [0.05, 0.1) is 11.0 Å². The van der Waals surface area contributed by atoms with Gasteiger partial charge in [-0.1, -0.05) is 13.0 Å². The molecule has 0 bridgehead atoms. The molecule has 7 nitrogen and oxygen atoms in total. The molecule has 2 aromatic rings. The standard InChI is InChI=1S/C19H21N3O4S/c1-4-13(3)26-16-9-6-14(7-10-16)18(23)21-19(27)20-15-8-5-12(2)17(11-15)22(24)25/h5-11,13H,4H2,1-3H3,(H2,20,21,23,27). The zero-order valence-electron chi connectivity index (χ0n) is 15.3. The summed E-state index contributed by atoms with van der Waals surface area (Å²) in [5.74, 6) is 0.303. The molecule has 27 heavy (non-hydrogen) atoms. The van der Waals surface area contributed by atoms with Crippen molar-refractivity contribution >= 4 is 34.6 Å². The van der Waals surface area contributed by atoms with Crippen LogP contribution < -0.4 is 15.4 Å². The van der Waals surface area contributed by atoms with Crippen LogP contribution in [0.25, 0.3) is 0 Å². The van der Waals surface area contributed by atoms with Crippen molar-refractivity contribution in [2.75, 3.05) is 5.32 Å². The van der Waals surface area contributed by atoms with E-state index in [0.717, 1.165) is 6.42 Å². The molecule has 1 unspecified atom stereocenters. The highest BCUT2D eigenvalue weighted by Crippen LogP contribution is 2.22. The summed E-state index contributed by atoms with van der Waals surface area (Å²) in [6, 6.07) is 11.4. The lowest BCUT2D eigenvalue weighted by Crippen LogP contribution is -2.34. The van der Waals surface area contributed by atoms with Gasteiger partial charge in [0.25, 0.3) is 11.6 Å². The molecule has 2 N–H and O–H groups in total. The van der Waals surface area contributed by atoms with E-state index >= 15 is 0 Å². The molecule has 0 spiro atoms. The number of amides is 1. The number of nitrogens with one attached hydrogen (secondary N) is 2. The molecule has 1 atom stereocenters. The highest BCUT2D eigenvalue weighted by molar-refractivity contribution is 7.80. The summed E-state index contributed by atoms with van der Waals surface area (Å²) in [7, 11) is 0. The molecule has 0 aliphatic heterocycles. The number of benzene rings is 2. The van der Waals surface area contributed by atoms with Gasteiger partial charge < -0.3 is 10.1 Å². The van der Waals surface area contributed by atoms with E-state index in [1.54, 1.807) is 43.3 Å². The molecular formula is C19H21N3O4S. The van der Waals surface area contributed by atoms with E-state index in [1.807, 2.05) is 13.8 Å². The maximum absolute atomic E-state index is 12.3. The Labute approximate surface area is 162 Å². The predicted octanol–water partition coefficient (Wildman–Crippen LogP) is 4.21. The van der Waals surface area contributed by atoms with Crippen LogP contribution in [-0.2, 0) is 0 Å². The summed E-state index contributed by atoms with van der Waals surface area (Å²) < 4.78 is 5.67. The van der Waals surface area contributed by atoms with Gasteiger partial charge in [-0.25, -0.2) is 0 Å². The molecule has 0 aliphatic rings. The molecule has 2 aromatic carbocycles. The fourth-order valence-corrected chi connectivity index (χ4v) is 2.43. The number of rotatable bonds is 6. The summed E-state index contributed by atoms with van der Waals surface area (Å²) in [6.07, 6.45) is 0.985. The number of nitrogens with zero attached hydrogens (tertiary/aromatic N) is 1. The molecule has 1 amide bonds. The highest BCUT2D eigenvalue weighted by atomic mass is 32.1. The van der Waals surface area contributed by atoms with Gasteiger partial charge in [0.1, 0.15) is 5.75 Å². The van der Waals surface area contributed by atoms with E-state index in [-0.39, 0.29) is 22.8 Å². The van der Waals surface area contributed by atoms with Gasteiger partial charge >= 0.3 is 0 Å². The van der Waals surface area contributed by atoms with E-state index in [1.165, 1.54) is 6.07 Å². The predicted molar refractivity (Wildman–Crippen MR) is 108 cm³/mol. The summed E-state index contributed by atoms with van der Waals surface area (Å²) in [5, 5.41) is 16.4. The van der Waals surface area contributed by atoms with Gasteiger partial charge in [-0.15, -0.1) is 0 Å².